The SMILES string of the molecule is CC(C)(C)c1cc[n+]2c(c1)-n1c3ccccc3c3ccc4c(c31)C21c2c(cccc2-n2cc(-c3ccc(-c5cccnc5)cn3)c[n+]21)O4. The molecule has 0 fully saturated rings. The first-order valence-electron chi connectivity index (χ1n) is 16.4. The first-order chi connectivity index (χ1) is 23.4. The van der Waals surface area contributed by atoms with Crippen LogP contribution in [0, 0.1) is 0 Å². The van der Waals surface area contributed by atoms with E-state index in [9.17, 15) is 0 Å². The molecule has 0 aliphatic carbocycles. The summed E-state index contributed by atoms with van der Waals surface area (Å²) < 4.78 is 16.4. The van der Waals surface area contributed by atoms with Crippen molar-refractivity contribution in [1.82, 2.24) is 19.2 Å². The summed E-state index contributed by atoms with van der Waals surface area (Å²) in [6.07, 6.45) is 12.4. The van der Waals surface area contributed by atoms with Crippen LogP contribution in [-0.4, -0.2) is 19.2 Å². The van der Waals surface area contributed by atoms with Crippen molar-refractivity contribution in [3.8, 4) is 45.4 Å². The fraction of sp³-hybridized carbons (Fsp3) is 0.122. The molecule has 228 valence electrons. The fourth-order valence-corrected chi connectivity index (χ4v) is 8.33. The van der Waals surface area contributed by atoms with Gasteiger partial charge in [-0.25, -0.2) is 0 Å². The minimum absolute atomic E-state index is 0.0277. The Hall–Kier alpha value is -6.08. The Morgan fingerprint density at radius 2 is 1.65 bits per heavy atom. The molecule has 5 aromatic heterocycles. The molecule has 8 heterocycles. The molecular formula is C41H30N6O+2. The largest absolute Gasteiger partial charge is 0.456 e. The molecule has 7 heteroatoms. The lowest BCUT2D eigenvalue weighted by Gasteiger charge is -2.33. The lowest BCUT2D eigenvalue weighted by Crippen LogP contribution is -2.76. The average Bonchev–Trinajstić information content (AvgIpc) is 3.78. The zero-order valence-corrected chi connectivity index (χ0v) is 26.7. The van der Waals surface area contributed by atoms with E-state index in [1.807, 2.05) is 18.5 Å². The van der Waals surface area contributed by atoms with E-state index >= 15 is 0 Å². The third kappa shape index (κ3) is 3.05. The van der Waals surface area contributed by atoms with Crippen LogP contribution in [-0.2, 0) is 11.1 Å². The molecule has 1 atom stereocenters. The molecule has 11 rings (SSSR count). The van der Waals surface area contributed by atoms with E-state index in [4.69, 9.17) is 9.72 Å². The van der Waals surface area contributed by atoms with Crippen LogP contribution in [0.2, 0.25) is 0 Å². The van der Waals surface area contributed by atoms with Gasteiger partial charge in [0.2, 0.25) is 6.20 Å². The monoisotopic (exact) mass is 622 g/mol. The van der Waals surface area contributed by atoms with Gasteiger partial charge in [-0.05, 0) is 65.6 Å². The van der Waals surface area contributed by atoms with Crippen LogP contribution in [0.15, 0.2) is 128 Å². The highest BCUT2D eigenvalue weighted by Gasteiger charge is 2.68. The smallest absolute Gasteiger partial charge is 0.397 e. The number of benzene rings is 3. The summed E-state index contributed by atoms with van der Waals surface area (Å²) in [4.78, 5) is 9.24. The second-order valence-corrected chi connectivity index (χ2v) is 14.1. The van der Waals surface area contributed by atoms with E-state index in [1.54, 1.807) is 6.20 Å². The van der Waals surface area contributed by atoms with Crippen molar-refractivity contribution in [1.29, 1.82) is 0 Å². The number of aromatic nitrogens is 6. The van der Waals surface area contributed by atoms with Crippen LogP contribution >= 0.6 is 0 Å². The molecule has 48 heavy (non-hydrogen) atoms. The molecule has 1 unspecified atom stereocenters. The Balaban J connectivity index is 1.25. The van der Waals surface area contributed by atoms with Gasteiger partial charge in [-0.1, -0.05) is 55.8 Å². The number of hydrogen-bond acceptors (Lipinski definition) is 3. The summed E-state index contributed by atoms with van der Waals surface area (Å²) in [6.45, 7) is 6.85. The maximum absolute atomic E-state index is 6.82. The van der Waals surface area contributed by atoms with Crippen molar-refractivity contribution in [2.45, 2.75) is 31.8 Å². The molecule has 0 N–H and O–H groups in total. The summed E-state index contributed by atoms with van der Waals surface area (Å²) in [5.41, 5.74) is 10.3. The standard InChI is InChI=1S/C41H30N6O/c1-40(2,3)28-17-19-44-36(20-28)47-32-10-5-4-9-29(32)30-14-16-35-38(39(30)47)41(44)37-33(11-6-12-34(37)48-35)45-23-27(24-46(41)45)31-15-13-26(22-43-31)25-8-7-18-42-21-25/h4-24H,1-3H3/q+2. The van der Waals surface area contributed by atoms with Gasteiger partial charge in [0.1, 0.15) is 28.3 Å². The molecular weight excluding hydrogens is 592 g/mol. The van der Waals surface area contributed by atoms with Gasteiger partial charge in [-0.3, -0.25) is 9.97 Å². The van der Waals surface area contributed by atoms with Gasteiger partial charge in [0.15, 0.2) is 11.1 Å². The lowest BCUT2D eigenvalue weighted by atomic mass is 9.83. The van der Waals surface area contributed by atoms with E-state index in [2.05, 4.69) is 148 Å². The van der Waals surface area contributed by atoms with Crippen LogP contribution < -0.4 is 14.0 Å². The molecule has 0 amide bonds. The Morgan fingerprint density at radius 1 is 0.771 bits per heavy atom. The second kappa shape index (κ2) is 8.63. The molecule has 0 saturated heterocycles. The molecule has 3 aromatic carbocycles. The maximum atomic E-state index is 6.82. The third-order valence-electron chi connectivity index (χ3n) is 10.5. The van der Waals surface area contributed by atoms with E-state index in [1.165, 1.54) is 27.4 Å². The average molecular weight is 623 g/mol. The third-order valence-corrected chi connectivity index (χ3v) is 10.5. The molecule has 0 saturated carbocycles. The van der Waals surface area contributed by atoms with Gasteiger partial charge in [0.05, 0.1) is 23.7 Å². The van der Waals surface area contributed by atoms with Gasteiger partial charge >= 0.3 is 5.66 Å². The predicted molar refractivity (Wildman–Crippen MR) is 184 cm³/mol. The number of ether oxygens (including phenoxy) is 1. The number of nitrogens with zero attached hydrogens (tertiary/aromatic N) is 6. The van der Waals surface area contributed by atoms with Crippen molar-refractivity contribution in [2.75, 3.05) is 0 Å². The Morgan fingerprint density at radius 3 is 2.48 bits per heavy atom. The molecule has 3 aliphatic rings. The summed E-state index contributed by atoms with van der Waals surface area (Å²) in [6, 6.07) is 32.5. The number of para-hydroxylation sites is 1. The highest BCUT2D eigenvalue weighted by molar-refractivity contribution is 6.11. The van der Waals surface area contributed by atoms with E-state index in [0.717, 1.165) is 56.5 Å². The molecule has 0 radical (unpaired) electrons. The highest BCUT2D eigenvalue weighted by Crippen LogP contribution is 2.55. The van der Waals surface area contributed by atoms with Crippen molar-refractivity contribution >= 4 is 21.8 Å². The summed E-state index contributed by atoms with van der Waals surface area (Å²) in [5.74, 6) is 2.87. The van der Waals surface area contributed by atoms with Crippen molar-refractivity contribution in [3.63, 3.8) is 0 Å². The van der Waals surface area contributed by atoms with Crippen LogP contribution in [0.5, 0.6) is 11.5 Å². The fourth-order valence-electron chi connectivity index (χ4n) is 8.33. The number of pyridine rings is 3. The van der Waals surface area contributed by atoms with Crippen LogP contribution in [0.1, 0.15) is 37.5 Å². The number of hydrogen-bond donors (Lipinski definition) is 0. The predicted octanol–water partition coefficient (Wildman–Crippen LogP) is 7.60. The van der Waals surface area contributed by atoms with Crippen LogP contribution in [0.25, 0.3) is 55.7 Å². The first-order valence-corrected chi connectivity index (χ1v) is 16.4. The van der Waals surface area contributed by atoms with Crippen molar-refractivity contribution < 1.29 is 14.0 Å². The van der Waals surface area contributed by atoms with Crippen molar-refractivity contribution in [3.05, 3.63) is 145 Å². The molecule has 7 nitrogen and oxygen atoms in total. The lowest BCUT2D eigenvalue weighted by molar-refractivity contribution is -0.993. The highest BCUT2D eigenvalue weighted by atomic mass is 16.5. The Bertz CT molecular complexity index is 2680. The number of fused-ring (bicyclic) bond motifs is 7. The van der Waals surface area contributed by atoms with E-state index in [-0.39, 0.29) is 5.41 Å². The van der Waals surface area contributed by atoms with Crippen LogP contribution in [0.4, 0.5) is 0 Å². The van der Waals surface area contributed by atoms with Gasteiger partial charge in [0, 0.05) is 46.6 Å². The minimum atomic E-state index is -0.733. The quantitative estimate of drug-likeness (QED) is 0.187. The minimum Gasteiger partial charge on any atom is -0.456 e. The first kappa shape index (κ1) is 26.0. The second-order valence-electron chi connectivity index (χ2n) is 14.1. The van der Waals surface area contributed by atoms with E-state index in [0.29, 0.717) is 0 Å². The van der Waals surface area contributed by atoms with Gasteiger partial charge in [-0.15, -0.1) is 4.68 Å². The van der Waals surface area contributed by atoms with Gasteiger partial charge in [-0.2, -0.15) is 9.13 Å². The summed E-state index contributed by atoms with van der Waals surface area (Å²) >= 11 is 0. The molecule has 0 bridgehead atoms. The van der Waals surface area contributed by atoms with Gasteiger partial charge < -0.3 is 4.74 Å². The van der Waals surface area contributed by atoms with Gasteiger partial charge in [0.25, 0.3) is 5.82 Å². The number of rotatable bonds is 2. The van der Waals surface area contributed by atoms with E-state index < -0.39 is 5.66 Å². The zero-order valence-electron chi connectivity index (χ0n) is 26.7. The topological polar surface area (TPSA) is 52.6 Å². The van der Waals surface area contributed by atoms with Crippen LogP contribution in [0.3, 0.4) is 0 Å². The van der Waals surface area contributed by atoms with Crippen molar-refractivity contribution in [2.24, 2.45) is 0 Å². The maximum Gasteiger partial charge on any atom is 0.397 e. The summed E-state index contributed by atoms with van der Waals surface area (Å²) in [5, 5.41) is 2.45. The normalized spacial score (nSPS) is 16.5. The zero-order chi connectivity index (χ0) is 31.9. The Kier molecular flexibility index (Phi) is 4.68. The molecule has 3 aliphatic heterocycles. The molecule has 8 aromatic rings. The summed E-state index contributed by atoms with van der Waals surface area (Å²) in [7, 11) is 0. The Labute approximate surface area is 276 Å². The molecule has 1 spiro atoms.